The Hall–Kier alpha value is -1.18. The van der Waals surface area contributed by atoms with Gasteiger partial charge in [0.1, 0.15) is 10.7 Å². The largest absolute Gasteiger partial charge is 0.373 e. The van der Waals surface area contributed by atoms with Gasteiger partial charge >= 0.3 is 0 Å². The Morgan fingerprint density at radius 2 is 2.05 bits per heavy atom. The van der Waals surface area contributed by atoms with Crippen LogP contribution in [0, 0.1) is 5.92 Å². The molecule has 6 nitrogen and oxygen atoms in total. The normalized spacial score (nSPS) is 17.8. The monoisotopic (exact) mass is 312 g/mol. The van der Waals surface area contributed by atoms with E-state index in [9.17, 15) is 8.42 Å². The molecule has 1 aliphatic heterocycles. The van der Waals surface area contributed by atoms with Crippen LogP contribution in [0.5, 0.6) is 0 Å². The zero-order chi connectivity index (χ0) is 15.3. The fraction of sp³-hybridized carbons (Fsp3) is 0.643. The lowest BCUT2D eigenvalue weighted by Gasteiger charge is -2.20. The number of nitrogens with zero attached hydrogens (tertiary/aromatic N) is 2. The Balaban J connectivity index is 1.87. The van der Waals surface area contributed by atoms with Crippen molar-refractivity contribution in [2.24, 2.45) is 5.92 Å². The highest BCUT2D eigenvalue weighted by Crippen LogP contribution is 2.12. The summed E-state index contributed by atoms with van der Waals surface area (Å²) >= 11 is 0. The van der Waals surface area contributed by atoms with Crippen LogP contribution in [0.2, 0.25) is 0 Å². The van der Waals surface area contributed by atoms with Crippen molar-refractivity contribution in [2.75, 3.05) is 38.5 Å². The number of hydrogen-bond donors (Lipinski definition) is 2. The van der Waals surface area contributed by atoms with E-state index in [1.807, 2.05) is 0 Å². The predicted molar refractivity (Wildman–Crippen MR) is 83.8 cm³/mol. The van der Waals surface area contributed by atoms with Gasteiger partial charge in [0.05, 0.1) is 0 Å². The molecule has 21 heavy (non-hydrogen) atoms. The molecular formula is C14H24N4O2S. The summed E-state index contributed by atoms with van der Waals surface area (Å²) in [4.78, 5) is 6.63. The van der Waals surface area contributed by atoms with Gasteiger partial charge in [-0.1, -0.05) is 6.92 Å². The van der Waals surface area contributed by atoms with E-state index in [1.165, 1.54) is 19.0 Å². The van der Waals surface area contributed by atoms with Crippen LogP contribution in [0.15, 0.2) is 23.2 Å². The highest BCUT2D eigenvalue weighted by Gasteiger charge is 2.18. The van der Waals surface area contributed by atoms with Crippen LogP contribution in [0.1, 0.15) is 19.8 Å². The van der Waals surface area contributed by atoms with Crippen LogP contribution >= 0.6 is 0 Å². The summed E-state index contributed by atoms with van der Waals surface area (Å²) in [6, 6.07) is 3.22. The van der Waals surface area contributed by atoms with Crippen molar-refractivity contribution >= 4 is 15.8 Å². The highest BCUT2D eigenvalue weighted by atomic mass is 32.2. The van der Waals surface area contributed by atoms with E-state index < -0.39 is 10.0 Å². The second-order valence-electron chi connectivity index (χ2n) is 5.59. The van der Waals surface area contributed by atoms with Crippen LogP contribution < -0.4 is 10.0 Å². The van der Waals surface area contributed by atoms with Crippen LogP contribution in [0.25, 0.3) is 0 Å². The predicted octanol–water partition coefficient (Wildman–Crippen LogP) is 1.13. The molecule has 1 saturated heterocycles. The first-order valence-corrected chi connectivity index (χ1v) is 8.85. The lowest BCUT2D eigenvalue weighted by molar-refractivity contribution is 0.288. The van der Waals surface area contributed by atoms with Crippen LogP contribution in [-0.4, -0.2) is 51.5 Å². The molecule has 118 valence electrons. The van der Waals surface area contributed by atoms with Gasteiger partial charge in [0.2, 0.25) is 10.0 Å². The second-order valence-corrected chi connectivity index (χ2v) is 7.36. The molecule has 1 unspecified atom stereocenters. The Morgan fingerprint density at radius 1 is 1.33 bits per heavy atom. The molecule has 0 saturated carbocycles. The average Bonchev–Trinajstić information content (AvgIpc) is 2.98. The molecule has 0 aliphatic carbocycles. The van der Waals surface area contributed by atoms with Gasteiger partial charge in [-0.2, -0.15) is 0 Å². The van der Waals surface area contributed by atoms with E-state index in [-0.39, 0.29) is 4.90 Å². The number of hydrogen-bond acceptors (Lipinski definition) is 5. The molecule has 0 spiro atoms. The van der Waals surface area contributed by atoms with Gasteiger partial charge in [0, 0.05) is 26.3 Å². The van der Waals surface area contributed by atoms with Crippen LogP contribution in [0.3, 0.4) is 0 Å². The molecule has 2 N–H and O–H groups in total. The summed E-state index contributed by atoms with van der Waals surface area (Å²) < 4.78 is 27.0. The molecule has 1 aromatic heterocycles. The van der Waals surface area contributed by atoms with Crippen LogP contribution in [0.4, 0.5) is 5.82 Å². The quantitative estimate of drug-likeness (QED) is 0.789. The first-order valence-electron chi connectivity index (χ1n) is 7.37. The third-order valence-corrected chi connectivity index (χ3v) is 5.10. The fourth-order valence-corrected chi connectivity index (χ4v) is 3.60. The van der Waals surface area contributed by atoms with Gasteiger partial charge < -0.3 is 10.2 Å². The molecule has 1 aromatic rings. The van der Waals surface area contributed by atoms with Crippen molar-refractivity contribution in [1.82, 2.24) is 14.6 Å². The molecule has 7 heteroatoms. The number of anilines is 1. The maximum Gasteiger partial charge on any atom is 0.242 e. The first-order chi connectivity index (χ1) is 10.0. The van der Waals surface area contributed by atoms with E-state index in [0.717, 1.165) is 19.6 Å². The van der Waals surface area contributed by atoms with Gasteiger partial charge in [0.15, 0.2) is 0 Å². The molecule has 2 rings (SSSR count). The summed E-state index contributed by atoms with van der Waals surface area (Å²) in [7, 11) is -1.73. The van der Waals surface area contributed by atoms with E-state index in [2.05, 4.69) is 26.8 Å². The second kappa shape index (κ2) is 7.20. The van der Waals surface area contributed by atoms with Crippen LogP contribution in [-0.2, 0) is 10.0 Å². The van der Waals surface area contributed by atoms with Gasteiger partial charge in [-0.3, -0.25) is 0 Å². The smallest absolute Gasteiger partial charge is 0.242 e. The first kappa shape index (κ1) is 16.2. The Morgan fingerprint density at radius 3 is 2.62 bits per heavy atom. The Labute approximate surface area is 127 Å². The zero-order valence-electron chi connectivity index (χ0n) is 12.7. The highest BCUT2D eigenvalue weighted by molar-refractivity contribution is 7.89. The van der Waals surface area contributed by atoms with Crippen molar-refractivity contribution in [1.29, 1.82) is 0 Å². The maximum atomic E-state index is 12.2. The number of nitrogens with one attached hydrogen (secondary N) is 2. The molecule has 1 fully saturated rings. The zero-order valence-corrected chi connectivity index (χ0v) is 13.5. The Kier molecular flexibility index (Phi) is 5.55. The molecule has 1 atom stereocenters. The molecule has 1 aliphatic rings. The summed E-state index contributed by atoms with van der Waals surface area (Å²) in [6.07, 6.45) is 3.88. The van der Waals surface area contributed by atoms with Gasteiger partial charge in [-0.05, 0) is 44.0 Å². The lowest BCUT2D eigenvalue weighted by atomic mass is 10.2. The minimum absolute atomic E-state index is 0.204. The molecule has 0 radical (unpaired) electrons. The van der Waals surface area contributed by atoms with E-state index in [4.69, 9.17) is 0 Å². The number of aromatic nitrogens is 1. The molecule has 0 aromatic carbocycles. The van der Waals surface area contributed by atoms with Crippen molar-refractivity contribution in [2.45, 2.75) is 24.7 Å². The van der Waals surface area contributed by atoms with Gasteiger partial charge in [-0.25, -0.2) is 18.1 Å². The summed E-state index contributed by atoms with van der Waals surface area (Å²) in [5.41, 5.74) is 0. The van der Waals surface area contributed by atoms with E-state index >= 15 is 0 Å². The number of likely N-dealkylation sites (tertiary alicyclic amines) is 1. The van der Waals surface area contributed by atoms with E-state index in [0.29, 0.717) is 18.3 Å². The van der Waals surface area contributed by atoms with Gasteiger partial charge in [0.25, 0.3) is 0 Å². The number of sulfonamides is 1. The summed E-state index contributed by atoms with van der Waals surface area (Å²) in [6.45, 7) is 5.73. The maximum absolute atomic E-state index is 12.2. The van der Waals surface area contributed by atoms with Crippen molar-refractivity contribution in [3.63, 3.8) is 0 Å². The van der Waals surface area contributed by atoms with Gasteiger partial charge in [-0.15, -0.1) is 0 Å². The third-order valence-electron chi connectivity index (χ3n) is 3.69. The topological polar surface area (TPSA) is 74.3 Å². The Bertz CT molecular complexity index is 539. The minimum atomic E-state index is -3.47. The standard InChI is InChI=1S/C14H24N4O2S/c1-12(11-18-7-3-4-8-18)9-17-21(19,20)13-5-6-14(15-2)16-10-13/h5-6,10,12,17H,3-4,7-9,11H2,1-2H3,(H,15,16). The minimum Gasteiger partial charge on any atom is -0.373 e. The number of rotatable bonds is 7. The lowest BCUT2D eigenvalue weighted by Crippen LogP contribution is -2.34. The SMILES string of the molecule is CNc1ccc(S(=O)(=O)NCC(C)CN2CCCC2)cn1. The molecule has 2 heterocycles. The average molecular weight is 312 g/mol. The van der Waals surface area contributed by atoms with Crippen molar-refractivity contribution in [3.8, 4) is 0 Å². The van der Waals surface area contributed by atoms with Crippen molar-refractivity contribution < 1.29 is 8.42 Å². The third kappa shape index (κ3) is 4.66. The summed E-state index contributed by atoms with van der Waals surface area (Å²) in [5, 5.41) is 2.86. The molecule has 0 amide bonds. The molecular weight excluding hydrogens is 288 g/mol. The number of pyridine rings is 1. The van der Waals surface area contributed by atoms with E-state index in [1.54, 1.807) is 19.2 Å². The fourth-order valence-electron chi connectivity index (χ4n) is 2.49. The molecule has 0 bridgehead atoms. The van der Waals surface area contributed by atoms with Crippen molar-refractivity contribution in [3.05, 3.63) is 18.3 Å². The summed E-state index contributed by atoms with van der Waals surface area (Å²) in [5.74, 6) is 0.943.